The molecule has 0 bridgehead atoms. The molecule has 1 heterocycles. The molecule has 5 nitrogen and oxygen atoms in total. The van der Waals surface area contributed by atoms with Crippen molar-refractivity contribution in [3.63, 3.8) is 0 Å². The van der Waals surface area contributed by atoms with E-state index in [1.807, 2.05) is 54.7 Å². The number of para-hydroxylation sites is 2. The third-order valence-electron chi connectivity index (χ3n) is 4.37. The molecule has 1 atom stereocenters. The van der Waals surface area contributed by atoms with Crippen molar-refractivity contribution in [2.45, 2.75) is 19.0 Å². The lowest BCUT2D eigenvalue weighted by Gasteiger charge is -2.36. The predicted octanol–water partition coefficient (Wildman–Crippen LogP) is 3.49. The monoisotopic (exact) mass is 349 g/mol. The lowest BCUT2D eigenvalue weighted by atomic mass is 10.1. The van der Waals surface area contributed by atoms with E-state index in [9.17, 15) is 0 Å². The normalized spacial score (nSPS) is 17.1. The molecule has 3 rings (SSSR count). The zero-order valence-electron chi connectivity index (χ0n) is 15.5. The first-order valence-corrected chi connectivity index (χ1v) is 8.98. The van der Waals surface area contributed by atoms with Crippen LogP contribution < -0.4 is 16.0 Å². The average Bonchev–Trinajstić information content (AvgIpc) is 2.65. The second kappa shape index (κ2) is 8.65. The Morgan fingerprint density at radius 2 is 1.69 bits per heavy atom. The van der Waals surface area contributed by atoms with Crippen LogP contribution in [0.25, 0.3) is 0 Å². The molecule has 136 valence electrons. The van der Waals surface area contributed by atoms with Gasteiger partial charge < -0.3 is 16.0 Å². The molecule has 3 N–H and O–H groups in total. The van der Waals surface area contributed by atoms with E-state index in [4.69, 9.17) is 5.73 Å². The van der Waals surface area contributed by atoms with Crippen molar-refractivity contribution < 1.29 is 0 Å². The molecule has 26 heavy (non-hydrogen) atoms. The molecule has 0 spiro atoms. The topological polar surface area (TPSA) is 56.9 Å². The molecule has 0 amide bonds. The van der Waals surface area contributed by atoms with Gasteiger partial charge in [0, 0.05) is 17.6 Å². The van der Waals surface area contributed by atoms with E-state index < -0.39 is 0 Å². The smallest absolute Gasteiger partial charge is 0.209 e. The molecule has 0 saturated heterocycles. The quantitative estimate of drug-likeness (QED) is 0.838. The van der Waals surface area contributed by atoms with Crippen LogP contribution >= 0.6 is 0 Å². The maximum atomic E-state index is 6.64. The molecule has 2 aromatic carbocycles. The van der Waals surface area contributed by atoms with E-state index in [0.29, 0.717) is 0 Å². The Morgan fingerprint density at radius 3 is 2.35 bits per heavy atom. The van der Waals surface area contributed by atoms with Crippen molar-refractivity contribution in [1.29, 1.82) is 0 Å². The first kappa shape index (κ1) is 18.2. The Labute approximate surface area is 155 Å². The van der Waals surface area contributed by atoms with Gasteiger partial charge >= 0.3 is 0 Å². The summed E-state index contributed by atoms with van der Waals surface area (Å²) in [6, 6.07) is 20.2. The van der Waals surface area contributed by atoms with Crippen molar-refractivity contribution in [3.8, 4) is 0 Å². The number of nitrogens with one attached hydrogen (secondary N) is 1. The van der Waals surface area contributed by atoms with Gasteiger partial charge in [0.15, 0.2) is 0 Å². The highest BCUT2D eigenvalue weighted by Crippen LogP contribution is 2.25. The average molecular weight is 349 g/mol. The summed E-state index contributed by atoms with van der Waals surface area (Å²) < 4.78 is 0. The van der Waals surface area contributed by atoms with Crippen molar-refractivity contribution in [2.24, 2.45) is 10.7 Å². The minimum atomic E-state index is -0.233. The molecule has 1 unspecified atom stereocenters. The van der Waals surface area contributed by atoms with Gasteiger partial charge in [-0.1, -0.05) is 36.4 Å². The third kappa shape index (κ3) is 4.50. The lowest BCUT2D eigenvalue weighted by molar-refractivity contribution is 0.398. The number of hydrogen-bond acceptors (Lipinski definition) is 5. The second-order valence-corrected chi connectivity index (χ2v) is 6.70. The Bertz CT molecular complexity index is 752. The number of nitrogens with zero attached hydrogens (tertiary/aromatic N) is 3. The highest BCUT2D eigenvalue weighted by atomic mass is 15.4. The number of benzene rings is 2. The van der Waals surface area contributed by atoms with E-state index >= 15 is 0 Å². The number of rotatable bonds is 6. The van der Waals surface area contributed by atoms with Gasteiger partial charge in [0.1, 0.15) is 6.17 Å². The fourth-order valence-electron chi connectivity index (χ4n) is 3.01. The SMILES string of the molecule is CN(C)CCCC1=CN=C(Nc2ccccc2)N(c2ccccc2)C1N. The molecule has 1 aliphatic heterocycles. The van der Waals surface area contributed by atoms with E-state index in [2.05, 4.69) is 46.3 Å². The summed E-state index contributed by atoms with van der Waals surface area (Å²) in [4.78, 5) is 8.95. The van der Waals surface area contributed by atoms with E-state index in [1.165, 1.54) is 0 Å². The highest BCUT2D eigenvalue weighted by molar-refractivity contribution is 6.07. The Balaban J connectivity index is 1.85. The standard InChI is InChI=1S/C21H27N5/c1-25(2)15-9-10-17-16-23-21(24-18-11-5-3-6-12-18)26(20(17)22)19-13-7-4-8-14-19/h3-8,11-14,16,20H,9-10,15,22H2,1-2H3,(H,23,24). The van der Waals surface area contributed by atoms with E-state index in [-0.39, 0.29) is 6.17 Å². The van der Waals surface area contributed by atoms with Gasteiger partial charge in [-0.2, -0.15) is 0 Å². The zero-order valence-corrected chi connectivity index (χ0v) is 15.5. The van der Waals surface area contributed by atoms with Gasteiger partial charge in [-0.25, -0.2) is 4.99 Å². The zero-order chi connectivity index (χ0) is 18.4. The minimum absolute atomic E-state index is 0.233. The van der Waals surface area contributed by atoms with E-state index in [0.717, 1.165) is 42.3 Å². The summed E-state index contributed by atoms with van der Waals surface area (Å²) in [7, 11) is 4.18. The molecule has 0 aliphatic carbocycles. The summed E-state index contributed by atoms with van der Waals surface area (Å²) in [6.45, 7) is 1.04. The largest absolute Gasteiger partial charge is 0.326 e. The lowest BCUT2D eigenvalue weighted by Crippen LogP contribution is -2.51. The van der Waals surface area contributed by atoms with Crippen LogP contribution in [0.2, 0.25) is 0 Å². The van der Waals surface area contributed by atoms with Gasteiger partial charge in [0.05, 0.1) is 0 Å². The van der Waals surface area contributed by atoms with Crippen LogP contribution in [0.4, 0.5) is 11.4 Å². The maximum Gasteiger partial charge on any atom is 0.209 e. The summed E-state index contributed by atoms with van der Waals surface area (Å²) in [5.74, 6) is 0.742. The molecular formula is C21H27N5. The van der Waals surface area contributed by atoms with Crippen molar-refractivity contribution in [3.05, 3.63) is 72.4 Å². The number of nitrogens with two attached hydrogens (primary N) is 1. The number of hydrogen-bond donors (Lipinski definition) is 2. The van der Waals surface area contributed by atoms with Crippen LogP contribution in [-0.2, 0) is 0 Å². The molecule has 1 aliphatic rings. The molecule has 2 aromatic rings. The van der Waals surface area contributed by atoms with Crippen LogP contribution in [0.15, 0.2) is 77.4 Å². The fourth-order valence-corrected chi connectivity index (χ4v) is 3.01. The summed E-state index contributed by atoms with van der Waals surface area (Å²) >= 11 is 0. The van der Waals surface area contributed by atoms with Crippen LogP contribution in [0.1, 0.15) is 12.8 Å². The first-order valence-electron chi connectivity index (χ1n) is 8.98. The van der Waals surface area contributed by atoms with Gasteiger partial charge in [-0.15, -0.1) is 0 Å². The number of aliphatic imine (C=N–C) groups is 1. The van der Waals surface area contributed by atoms with Crippen molar-refractivity contribution >= 4 is 17.3 Å². The van der Waals surface area contributed by atoms with Crippen LogP contribution in [0.5, 0.6) is 0 Å². The Kier molecular flexibility index (Phi) is 6.04. The van der Waals surface area contributed by atoms with Crippen LogP contribution in [0.3, 0.4) is 0 Å². The summed E-state index contributed by atoms with van der Waals surface area (Å²) in [5, 5.41) is 3.40. The summed E-state index contributed by atoms with van der Waals surface area (Å²) in [6.07, 6.45) is 3.69. The number of guanidine groups is 1. The van der Waals surface area contributed by atoms with Gasteiger partial charge in [0.2, 0.25) is 5.96 Å². The second-order valence-electron chi connectivity index (χ2n) is 6.70. The van der Waals surface area contributed by atoms with Gasteiger partial charge in [-0.05, 0) is 63.3 Å². The predicted molar refractivity (Wildman–Crippen MR) is 110 cm³/mol. The third-order valence-corrected chi connectivity index (χ3v) is 4.37. The Hall–Kier alpha value is -2.63. The van der Waals surface area contributed by atoms with Crippen molar-refractivity contribution in [1.82, 2.24) is 4.90 Å². The van der Waals surface area contributed by atoms with Gasteiger partial charge in [-0.3, -0.25) is 4.90 Å². The molecule has 0 fully saturated rings. The summed E-state index contributed by atoms with van der Waals surface area (Å²) in [5.41, 5.74) is 9.80. The number of anilines is 2. The van der Waals surface area contributed by atoms with Gasteiger partial charge in [0.25, 0.3) is 0 Å². The fraction of sp³-hybridized carbons (Fsp3) is 0.286. The molecule has 0 aromatic heterocycles. The van der Waals surface area contributed by atoms with Crippen LogP contribution in [0, 0.1) is 0 Å². The minimum Gasteiger partial charge on any atom is -0.326 e. The molecule has 5 heteroatoms. The maximum absolute atomic E-state index is 6.64. The van der Waals surface area contributed by atoms with Crippen LogP contribution in [-0.4, -0.2) is 37.7 Å². The van der Waals surface area contributed by atoms with E-state index in [1.54, 1.807) is 0 Å². The molecule has 0 radical (unpaired) electrons. The Morgan fingerprint density at radius 1 is 1.04 bits per heavy atom. The molecular weight excluding hydrogens is 322 g/mol. The first-order chi connectivity index (χ1) is 12.6. The van der Waals surface area contributed by atoms with Crippen molar-refractivity contribution in [2.75, 3.05) is 30.9 Å². The highest BCUT2D eigenvalue weighted by Gasteiger charge is 2.26. The molecule has 0 saturated carbocycles.